The van der Waals surface area contributed by atoms with Crippen molar-refractivity contribution in [3.63, 3.8) is 0 Å². The van der Waals surface area contributed by atoms with E-state index in [1.54, 1.807) is 0 Å². The number of nitrogens with one attached hydrogen (secondary N) is 1. The van der Waals surface area contributed by atoms with Crippen molar-refractivity contribution in [3.8, 4) is 0 Å². The molecule has 6 heteroatoms. The van der Waals surface area contributed by atoms with E-state index >= 15 is 0 Å². The number of anilines is 1. The quantitative estimate of drug-likeness (QED) is 0.737. The molecule has 0 saturated heterocycles. The number of aromatic nitrogens is 4. The predicted octanol–water partition coefficient (Wildman–Crippen LogP) is 4.14. The molecular formula is C18H18BrN5. The van der Waals surface area contributed by atoms with Gasteiger partial charge >= 0.3 is 0 Å². The first-order valence-corrected chi connectivity index (χ1v) is 8.92. The van der Waals surface area contributed by atoms with Crippen molar-refractivity contribution < 1.29 is 0 Å². The van der Waals surface area contributed by atoms with Gasteiger partial charge in [0, 0.05) is 4.47 Å². The number of tetrazole rings is 1. The smallest absolute Gasteiger partial charge is 0.243 e. The molecule has 0 aliphatic carbocycles. The highest BCUT2D eigenvalue weighted by Gasteiger charge is 2.30. The number of aryl methyl sites for hydroxylation is 1. The molecule has 4 rings (SSSR count). The van der Waals surface area contributed by atoms with Crippen LogP contribution in [0.5, 0.6) is 0 Å². The van der Waals surface area contributed by atoms with Gasteiger partial charge in [0.2, 0.25) is 5.95 Å². The number of hydrogen-bond donors (Lipinski definition) is 1. The van der Waals surface area contributed by atoms with Gasteiger partial charge < -0.3 is 5.32 Å². The second kappa shape index (κ2) is 6.36. The largest absolute Gasteiger partial charge is 0.346 e. The summed E-state index contributed by atoms with van der Waals surface area (Å²) in [6.45, 7) is 2.17. The first-order chi connectivity index (χ1) is 11.7. The first-order valence-electron chi connectivity index (χ1n) is 8.13. The number of halogens is 1. The molecule has 0 saturated carbocycles. The number of benzene rings is 2. The Kier molecular flexibility index (Phi) is 4.06. The van der Waals surface area contributed by atoms with Crippen molar-refractivity contribution >= 4 is 21.9 Å². The summed E-state index contributed by atoms with van der Waals surface area (Å²) in [6.07, 6.45) is 1.96. The Labute approximate surface area is 149 Å². The van der Waals surface area contributed by atoms with Crippen molar-refractivity contribution in [2.75, 3.05) is 5.32 Å². The molecular weight excluding hydrogens is 366 g/mol. The van der Waals surface area contributed by atoms with Crippen molar-refractivity contribution in [2.24, 2.45) is 0 Å². The number of rotatable bonds is 3. The van der Waals surface area contributed by atoms with E-state index < -0.39 is 0 Å². The molecule has 5 nitrogen and oxygen atoms in total. The van der Waals surface area contributed by atoms with Gasteiger partial charge in [0.25, 0.3) is 0 Å². The van der Waals surface area contributed by atoms with Crippen LogP contribution < -0.4 is 5.32 Å². The molecule has 2 atom stereocenters. The van der Waals surface area contributed by atoms with E-state index in [2.05, 4.69) is 86.2 Å². The van der Waals surface area contributed by atoms with Gasteiger partial charge in [-0.25, -0.2) is 4.68 Å². The van der Waals surface area contributed by atoms with E-state index in [1.165, 1.54) is 16.7 Å². The average molecular weight is 384 g/mol. The second-order valence-electron chi connectivity index (χ2n) is 6.05. The van der Waals surface area contributed by atoms with Gasteiger partial charge in [-0.15, -0.1) is 0 Å². The Balaban J connectivity index is 1.70. The maximum absolute atomic E-state index is 4.18. The standard InChI is InChI=1S/C18H18BrN5/c1-2-12-6-8-13(9-7-12)16-11-17(14-4-3-5-15(19)10-14)24-18(20-16)21-22-23-24/h3-10,16-17H,2,11H2,1H3,(H,20,21,23)/t16-,17+/m1/s1. The van der Waals surface area contributed by atoms with Crippen LogP contribution in [0.3, 0.4) is 0 Å². The van der Waals surface area contributed by atoms with Gasteiger partial charge in [-0.2, -0.15) is 0 Å². The van der Waals surface area contributed by atoms with Crippen LogP contribution in [-0.2, 0) is 6.42 Å². The highest BCUT2D eigenvalue weighted by molar-refractivity contribution is 9.10. The minimum atomic E-state index is 0.115. The normalized spacial score (nSPS) is 19.6. The highest BCUT2D eigenvalue weighted by Crippen LogP contribution is 2.37. The minimum absolute atomic E-state index is 0.115. The zero-order chi connectivity index (χ0) is 16.5. The van der Waals surface area contributed by atoms with E-state index in [9.17, 15) is 0 Å². The van der Waals surface area contributed by atoms with Crippen molar-refractivity contribution in [1.82, 2.24) is 20.2 Å². The maximum Gasteiger partial charge on any atom is 0.243 e. The number of hydrogen-bond acceptors (Lipinski definition) is 4. The molecule has 0 fully saturated rings. The van der Waals surface area contributed by atoms with E-state index in [4.69, 9.17) is 0 Å². The summed E-state index contributed by atoms with van der Waals surface area (Å²) in [5.74, 6) is 0.718. The van der Waals surface area contributed by atoms with Crippen LogP contribution in [0.25, 0.3) is 0 Å². The fraction of sp³-hybridized carbons (Fsp3) is 0.278. The predicted molar refractivity (Wildman–Crippen MR) is 96.9 cm³/mol. The van der Waals surface area contributed by atoms with Crippen molar-refractivity contribution in [2.45, 2.75) is 31.8 Å². The Hall–Kier alpha value is -2.21. The van der Waals surface area contributed by atoms with Crippen LogP contribution in [0.15, 0.2) is 53.0 Å². The van der Waals surface area contributed by atoms with Crippen molar-refractivity contribution in [1.29, 1.82) is 0 Å². The second-order valence-corrected chi connectivity index (χ2v) is 6.96. The molecule has 0 spiro atoms. The third-order valence-corrected chi connectivity index (χ3v) is 5.07. The summed E-state index contributed by atoms with van der Waals surface area (Å²) in [5, 5.41) is 15.6. The van der Waals surface area contributed by atoms with Gasteiger partial charge in [0.05, 0.1) is 12.1 Å². The fourth-order valence-electron chi connectivity index (χ4n) is 3.23. The van der Waals surface area contributed by atoms with Gasteiger partial charge in [-0.05, 0) is 52.1 Å². The monoisotopic (exact) mass is 383 g/mol. The summed E-state index contributed by atoms with van der Waals surface area (Å²) in [5.41, 5.74) is 3.82. The molecule has 3 aromatic rings. The van der Waals surface area contributed by atoms with Gasteiger partial charge in [-0.1, -0.05) is 64.4 Å². The zero-order valence-electron chi connectivity index (χ0n) is 13.4. The van der Waals surface area contributed by atoms with Gasteiger partial charge in [-0.3, -0.25) is 0 Å². The summed E-state index contributed by atoms with van der Waals surface area (Å²) in [6, 6.07) is 17.5. The SMILES string of the molecule is CCc1ccc([C@H]2C[C@@H](c3cccc(Br)c3)n3nnnc3N2)cc1. The van der Waals surface area contributed by atoms with Crippen LogP contribution in [-0.4, -0.2) is 20.2 Å². The lowest BCUT2D eigenvalue weighted by Crippen LogP contribution is -2.28. The van der Waals surface area contributed by atoms with E-state index in [-0.39, 0.29) is 12.1 Å². The van der Waals surface area contributed by atoms with E-state index in [0.717, 1.165) is 23.3 Å². The van der Waals surface area contributed by atoms with Crippen LogP contribution in [0.1, 0.15) is 42.1 Å². The molecule has 1 N–H and O–H groups in total. The zero-order valence-corrected chi connectivity index (χ0v) is 14.9. The molecule has 1 aliphatic heterocycles. The minimum Gasteiger partial charge on any atom is -0.346 e. The molecule has 1 aliphatic rings. The molecule has 122 valence electrons. The van der Waals surface area contributed by atoms with Crippen LogP contribution in [0.4, 0.5) is 5.95 Å². The Morgan fingerprint density at radius 3 is 2.75 bits per heavy atom. The third-order valence-electron chi connectivity index (χ3n) is 4.57. The van der Waals surface area contributed by atoms with Crippen molar-refractivity contribution in [3.05, 3.63) is 69.7 Å². The van der Waals surface area contributed by atoms with Crippen LogP contribution in [0.2, 0.25) is 0 Å². The Bertz CT molecular complexity index is 843. The fourth-order valence-corrected chi connectivity index (χ4v) is 3.65. The molecule has 0 amide bonds. The summed E-state index contributed by atoms with van der Waals surface area (Å²) in [4.78, 5) is 0. The lowest BCUT2D eigenvalue weighted by molar-refractivity contribution is 0.423. The van der Waals surface area contributed by atoms with Crippen LogP contribution >= 0.6 is 15.9 Å². The van der Waals surface area contributed by atoms with Crippen LogP contribution in [0, 0.1) is 0 Å². The molecule has 2 aromatic carbocycles. The molecule has 0 unspecified atom stereocenters. The van der Waals surface area contributed by atoms with E-state index in [0.29, 0.717) is 0 Å². The molecule has 0 bridgehead atoms. The molecule has 2 heterocycles. The Morgan fingerprint density at radius 2 is 2.00 bits per heavy atom. The molecule has 24 heavy (non-hydrogen) atoms. The van der Waals surface area contributed by atoms with E-state index in [1.807, 2.05) is 10.7 Å². The Morgan fingerprint density at radius 1 is 1.17 bits per heavy atom. The van der Waals surface area contributed by atoms with Gasteiger partial charge in [0.1, 0.15) is 0 Å². The molecule has 0 radical (unpaired) electrons. The summed E-state index contributed by atoms with van der Waals surface area (Å²) in [7, 11) is 0. The summed E-state index contributed by atoms with van der Waals surface area (Å²) >= 11 is 3.56. The molecule has 1 aromatic heterocycles. The first kappa shape index (κ1) is 15.3. The lowest BCUT2D eigenvalue weighted by atomic mass is 9.93. The summed E-state index contributed by atoms with van der Waals surface area (Å²) < 4.78 is 2.94. The third kappa shape index (κ3) is 2.82. The number of nitrogens with zero attached hydrogens (tertiary/aromatic N) is 4. The maximum atomic E-state index is 4.18. The highest BCUT2D eigenvalue weighted by atomic mass is 79.9. The number of fused-ring (bicyclic) bond motifs is 1. The van der Waals surface area contributed by atoms with Gasteiger partial charge in [0.15, 0.2) is 0 Å². The average Bonchev–Trinajstić information content (AvgIpc) is 3.09. The lowest BCUT2D eigenvalue weighted by Gasteiger charge is -2.31. The topological polar surface area (TPSA) is 55.6 Å².